The van der Waals surface area contributed by atoms with Gasteiger partial charge in [-0.05, 0) is 84.6 Å². The molecule has 0 aromatic rings. The topological polar surface area (TPSA) is 328 Å². The Hall–Kier alpha value is -1.98. The molecule has 0 amide bonds. The maximum atomic E-state index is 12.0. The fourth-order valence-corrected chi connectivity index (χ4v) is 17.5. The van der Waals surface area contributed by atoms with Crippen LogP contribution in [-0.4, -0.2) is 234 Å². The van der Waals surface area contributed by atoms with E-state index >= 15 is 0 Å². The SMILES string of the molecule is C=CCC(=C)/C=C/[C@@](C)(O)[C@H]1O[C@@H]2C[C@@H]3O[C@@H]4C[C@@H]5O[C@@H]6C[C@@H]7O[C@@H]8C[C@@H]9O[C@@H]%10C[C@@H]%11O[C@](C)(CCOS(=O)(=O)O)[C@@H](OS(=O)(=O)O)C[C@H]%11O[C@H]%10C[C@H]9O[C@H]8CC[C@@]7(C)O[C@@]6(C)CC[C@H](C)[C@H]5O[C@H]4[C@@H](O[C@H]4O[C@H](CO)[C@H](O)[C@@H]4O)[C@@]3(C)O[C@H]2CC1=C. The highest BCUT2D eigenvalue weighted by molar-refractivity contribution is 7.81. The first-order chi connectivity index (χ1) is 40.9. The van der Waals surface area contributed by atoms with E-state index in [2.05, 4.69) is 44.7 Å². The second kappa shape index (κ2) is 24.1. The Morgan fingerprint density at radius 2 is 1.28 bits per heavy atom. The second-order valence-corrected chi connectivity index (χ2v) is 30.0. The molecular formula is C60H90O25S2. The lowest BCUT2D eigenvalue weighted by Crippen LogP contribution is -2.75. The summed E-state index contributed by atoms with van der Waals surface area (Å²) in [5, 5.41) is 44.2. The lowest BCUT2D eigenvalue weighted by atomic mass is 9.72. The maximum Gasteiger partial charge on any atom is 0.397 e. The first-order valence-corrected chi connectivity index (χ1v) is 33.8. The third-order valence-corrected chi connectivity index (χ3v) is 22.3. The summed E-state index contributed by atoms with van der Waals surface area (Å²) in [6, 6.07) is 0. The van der Waals surface area contributed by atoms with Crippen LogP contribution in [0.3, 0.4) is 0 Å². The Bertz CT molecular complexity index is 2820. The minimum absolute atomic E-state index is 0.0176. The number of allylic oxidation sites excluding steroid dienone is 3. The molecule has 0 unspecified atom stereocenters. The van der Waals surface area contributed by atoms with E-state index in [0.29, 0.717) is 76.2 Å². The van der Waals surface area contributed by atoms with Gasteiger partial charge in [0.15, 0.2) is 6.29 Å². The summed E-state index contributed by atoms with van der Waals surface area (Å²) >= 11 is 0. The van der Waals surface area contributed by atoms with Crippen LogP contribution in [-0.2, 0) is 90.7 Å². The van der Waals surface area contributed by atoms with Crippen molar-refractivity contribution in [1.82, 2.24) is 0 Å². The predicted octanol–water partition coefficient (Wildman–Crippen LogP) is 3.52. The standard InChI is InChI=1S/C60H90O25S2/c1-10-11-29(2)12-15-56(5,64)53-31(4)20-40-39(78-53)26-48-60(9,83-40)54(81-55-50(63)49(62)44(28-61)79-55)52-43(77-48)24-42-51(80-52)30(3)13-16-58(7)46(76-42)27-45-59(8,85-58)17-14-32-33(75-45)21-35-34(72-32)22-36-37(73-35)23-41-38(74-36)25-47(84-87(68,69)70)57(6,82-41)18-19-71-86(65,66)67/h10,12,15,30,32-55,61-64H,1-2,4,11,13-14,16-28H2,3,5-9H3,(H,65,66,67)(H,68,69,70)/b15-12+/t30-,32-,33+,34+,35-,36-,37+,38+,39+,40-,41-,42-,43+,44+,45-,46+,47-,48-,49-,50-,51+,52+,53-,54+,55+,56+,57+,58-,59+,60-/m0/s1. The Labute approximate surface area is 509 Å². The molecule has 12 aliphatic rings. The zero-order chi connectivity index (χ0) is 62.1. The fourth-order valence-electron chi connectivity index (χ4n) is 16.6. The summed E-state index contributed by atoms with van der Waals surface area (Å²) in [5.41, 5.74) is -4.18. The first-order valence-electron chi connectivity index (χ1n) is 31.1. The van der Waals surface area contributed by atoms with Crippen molar-refractivity contribution >= 4 is 20.8 Å². The molecule has 0 saturated carbocycles. The lowest BCUT2D eigenvalue weighted by molar-refractivity contribution is -0.387. The number of rotatable bonds is 14. The van der Waals surface area contributed by atoms with E-state index in [1.54, 1.807) is 25.2 Å². The molecule has 30 atom stereocenters. The van der Waals surface area contributed by atoms with Crippen molar-refractivity contribution in [3.63, 3.8) is 0 Å². The quantitative estimate of drug-likeness (QED) is 0.0823. The highest BCUT2D eigenvalue weighted by atomic mass is 32.3. The Morgan fingerprint density at radius 1 is 0.690 bits per heavy atom. The number of aliphatic hydroxyl groups excluding tert-OH is 3. The number of aliphatic hydroxyl groups is 4. The monoisotopic (exact) mass is 1270 g/mol. The summed E-state index contributed by atoms with van der Waals surface area (Å²) in [4.78, 5) is 0. The average molecular weight is 1280 g/mol. The molecule has 0 aromatic heterocycles. The molecule has 12 fully saturated rings. The number of hydrogen-bond acceptors (Lipinski definition) is 23. The van der Waals surface area contributed by atoms with Gasteiger partial charge in [-0.15, -0.1) is 6.58 Å². The van der Waals surface area contributed by atoms with E-state index in [1.165, 1.54) is 6.92 Å². The van der Waals surface area contributed by atoms with Crippen molar-refractivity contribution in [1.29, 1.82) is 0 Å². The zero-order valence-electron chi connectivity index (χ0n) is 50.4. The van der Waals surface area contributed by atoms with Gasteiger partial charge >= 0.3 is 20.8 Å². The molecule has 492 valence electrons. The highest BCUT2D eigenvalue weighted by Crippen LogP contribution is 2.55. The van der Waals surface area contributed by atoms with Gasteiger partial charge in [0.05, 0.1) is 128 Å². The Kier molecular flexibility index (Phi) is 18.0. The van der Waals surface area contributed by atoms with Crippen molar-refractivity contribution in [3.05, 3.63) is 49.1 Å². The van der Waals surface area contributed by atoms with Crippen LogP contribution >= 0.6 is 0 Å². The van der Waals surface area contributed by atoms with Crippen LogP contribution in [0.15, 0.2) is 49.1 Å². The minimum atomic E-state index is -4.97. The van der Waals surface area contributed by atoms with E-state index in [1.807, 2.05) is 6.92 Å². The van der Waals surface area contributed by atoms with Gasteiger partial charge in [0.1, 0.15) is 53.9 Å². The molecule has 0 bridgehead atoms. The molecule has 0 radical (unpaired) electrons. The van der Waals surface area contributed by atoms with Gasteiger partial charge in [-0.3, -0.25) is 9.11 Å². The molecule has 27 heteroatoms. The second-order valence-electron chi connectivity index (χ2n) is 27.8. The molecular weight excluding hydrogens is 1180 g/mol. The molecule has 0 spiro atoms. The van der Waals surface area contributed by atoms with Gasteiger partial charge in [0.2, 0.25) is 0 Å². The molecule has 0 aliphatic carbocycles. The highest BCUT2D eigenvalue weighted by Gasteiger charge is 2.67. The third kappa shape index (κ3) is 12.8. The summed E-state index contributed by atoms with van der Waals surface area (Å²) in [7, 11) is -9.78. The minimum Gasteiger partial charge on any atom is -0.394 e. The normalized spacial score (nSPS) is 51.3. The molecule has 12 heterocycles. The van der Waals surface area contributed by atoms with Crippen molar-refractivity contribution < 1.29 is 116 Å². The van der Waals surface area contributed by atoms with Gasteiger partial charge in [-0.1, -0.05) is 43.9 Å². The molecule has 12 aliphatic heterocycles. The van der Waals surface area contributed by atoms with Gasteiger partial charge in [-0.25, -0.2) is 8.37 Å². The van der Waals surface area contributed by atoms with Crippen molar-refractivity contribution in [2.24, 2.45) is 5.92 Å². The van der Waals surface area contributed by atoms with E-state index in [0.717, 1.165) is 12.0 Å². The van der Waals surface area contributed by atoms with Crippen LogP contribution in [0.25, 0.3) is 0 Å². The molecule has 25 nitrogen and oxygen atoms in total. The molecule has 12 saturated heterocycles. The maximum absolute atomic E-state index is 12.0. The van der Waals surface area contributed by atoms with Crippen molar-refractivity contribution in [3.8, 4) is 0 Å². The average Bonchev–Trinajstić information content (AvgIpc) is 1.47. The van der Waals surface area contributed by atoms with E-state index in [9.17, 15) is 46.4 Å². The number of fused-ring (bicyclic) bond motifs is 10. The lowest BCUT2D eigenvalue weighted by Gasteiger charge is -2.61. The number of ether oxygens (including phenoxy) is 13. The largest absolute Gasteiger partial charge is 0.397 e. The summed E-state index contributed by atoms with van der Waals surface area (Å²) in [6.45, 7) is 22.6. The van der Waals surface area contributed by atoms with Crippen LogP contribution in [0.4, 0.5) is 0 Å². The van der Waals surface area contributed by atoms with Crippen molar-refractivity contribution in [2.75, 3.05) is 13.2 Å². The molecule has 87 heavy (non-hydrogen) atoms. The molecule has 6 N–H and O–H groups in total. The van der Waals surface area contributed by atoms with Crippen LogP contribution in [0.2, 0.25) is 0 Å². The van der Waals surface area contributed by atoms with Crippen LogP contribution in [0.5, 0.6) is 0 Å². The fraction of sp³-hybridized carbons (Fsp3) is 0.867. The van der Waals surface area contributed by atoms with Crippen LogP contribution < -0.4 is 0 Å². The zero-order valence-corrected chi connectivity index (χ0v) is 52.0. The van der Waals surface area contributed by atoms with Gasteiger partial charge < -0.3 is 82.0 Å². The van der Waals surface area contributed by atoms with E-state index in [4.69, 9.17) is 65.8 Å². The van der Waals surface area contributed by atoms with Gasteiger partial charge in [0.25, 0.3) is 0 Å². The summed E-state index contributed by atoms with van der Waals surface area (Å²) in [6.07, 6.45) is -5.69. The summed E-state index contributed by atoms with van der Waals surface area (Å²) in [5.74, 6) is -0.0425. The number of hydrogen-bond donors (Lipinski definition) is 6. The molecule has 0 aromatic carbocycles. The third-order valence-electron chi connectivity index (χ3n) is 21.4. The predicted molar refractivity (Wildman–Crippen MR) is 302 cm³/mol. The van der Waals surface area contributed by atoms with Crippen molar-refractivity contribution in [2.45, 2.75) is 306 Å². The first kappa shape index (κ1) is 65.1. The van der Waals surface area contributed by atoms with Gasteiger partial charge in [-0.2, -0.15) is 16.8 Å². The Balaban J connectivity index is 0.747. The van der Waals surface area contributed by atoms with Gasteiger partial charge in [0, 0.05) is 51.4 Å². The van der Waals surface area contributed by atoms with E-state index in [-0.39, 0.29) is 43.2 Å². The van der Waals surface area contributed by atoms with Crippen LogP contribution in [0.1, 0.15) is 131 Å². The molecule has 12 rings (SSSR count). The van der Waals surface area contributed by atoms with E-state index < -0.39 is 184 Å². The Morgan fingerprint density at radius 3 is 1.92 bits per heavy atom. The van der Waals surface area contributed by atoms with Crippen LogP contribution in [0, 0.1) is 5.92 Å². The smallest absolute Gasteiger partial charge is 0.394 e. The summed E-state index contributed by atoms with van der Waals surface area (Å²) < 4.78 is 165.